The predicted molar refractivity (Wildman–Crippen MR) is 112 cm³/mol. The number of hydrogen-bond acceptors (Lipinski definition) is 4. The van der Waals surface area contributed by atoms with Crippen LogP contribution in [0.4, 0.5) is 5.82 Å². The van der Waals surface area contributed by atoms with Crippen molar-refractivity contribution in [1.82, 2.24) is 4.98 Å². The minimum absolute atomic E-state index is 0.0878. The van der Waals surface area contributed by atoms with Gasteiger partial charge in [0.25, 0.3) is 0 Å². The molecule has 3 N–H and O–H groups in total. The monoisotopic (exact) mass is 384 g/mol. The van der Waals surface area contributed by atoms with Crippen LogP contribution >= 0.6 is 0 Å². The summed E-state index contributed by atoms with van der Waals surface area (Å²) in [6.07, 6.45) is 2.31. The van der Waals surface area contributed by atoms with E-state index in [0.29, 0.717) is 24.7 Å². The molecule has 0 spiro atoms. The zero-order chi connectivity index (χ0) is 19.8. The van der Waals surface area contributed by atoms with Crippen molar-refractivity contribution < 1.29 is 14.4 Å². The number of aryl methyl sites for hydroxylation is 1. The summed E-state index contributed by atoms with van der Waals surface area (Å²) in [5, 5.41) is 11.5. The average molecular weight is 384 g/mol. The molecular formula is C24H22N3O2+. The van der Waals surface area contributed by atoms with Crippen molar-refractivity contribution in [2.45, 2.75) is 18.9 Å². The maximum atomic E-state index is 9.24. The van der Waals surface area contributed by atoms with E-state index >= 15 is 0 Å². The summed E-state index contributed by atoms with van der Waals surface area (Å²) >= 11 is 0. The third kappa shape index (κ3) is 2.91. The number of benzene rings is 3. The topological polar surface area (TPSA) is 72.2 Å². The van der Waals surface area contributed by atoms with Gasteiger partial charge in [0.2, 0.25) is 12.1 Å². The van der Waals surface area contributed by atoms with Gasteiger partial charge in [-0.25, -0.2) is 4.57 Å². The molecule has 0 saturated carbocycles. The molecule has 3 aromatic carbocycles. The van der Waals surface area contributed by atoms with Gasteiger partial charge in [-0.2, -0.15) is 0 Å². The summed E-state index contributed by atoms with van der Waals surface area (Å²) in [6.45, 7) is 0.710. The van der Waals surface area contributed by atoms with Crippen LogP contribution in [0, 0.1) is 0 Å². The Kier molecular flexibility index (Phi) is 4.37. The molecule has 0 amide bonds. The quantitative estimate of drug-likeness (QED) is 0.463. The van der Waals surface area contributed by atoms with E-state index in [1.165, 1.54) is 0 Å². The van der Waals surface area contributed by atoms with E-state index in [9.17, 15) is 5.11 Å². The smallest absolute Gasteiger partial charge is 0.306 e. The van der Waals surface area contributed by atoms with Gasteiger partial charge in [-0.05, 0) is 22.4 Å². The number of anilines is 1. The molecule has 144 valence electrons. The summed E-state index contributed by atoms with van der Waals surface area (Å²) < 4.78 is 8.12. The van der Waals surface area contributed by atoms with Crippen LogP contribution in [0.1, 0.15) is 29.0 Å². The highest BCUT2D eigenvalue weighted by Gasteiger charge is 2.37. The van der Waals surface area contributed by atoms with Crippen LogP contribution in [-0.4, -0.2) is 16.7 Å². The molecule has 2 heterocycles. The number of aliphatic hydroxyl groups excluding tert-OH is 1. The van der Waals surface area contributed by atoms with Crippen LogP contribution in [0.25, 0.3) is 10.8 Å². The van der Waals surface area contributed by atoms with Crippen LogP contribution < -0.4 is 15.0 Å². The minimum Gasteiger partial charge on any atom is -0.426 e. The van der Waals surface area contributed by atoms with E-state index < -0.39 is 0 Å². The van der Waals surface area contributed by atoms with Crippen LogP contribution in [-0.2, 0) is 6.54 Å². The number of aromatic nitrogens is 2. The van der Waals surface area contributed by atoms with Gasteiger partial charge in [0.15, 0.2) is 0 Å². The zero-order valence-electron chi connectivity index (χ0n) is 16.0. The van der Waals surface area contributed by atoms with E-state index in [-0.39, 0.29) is 12.5 Å². The lowest BCUT2D eigenvalue weighted by molar-refractivity contribution is -0.686. The molecule has 1 atom stereocenters. The van der Waals surface area contributed by atoms with Crippen molar-refractivity contribution in [2.75, 3.05) is 12.3 Å². The Hall–Kier alpha value is -3.44. The molecular weight excluding hydrogens is 362 g/mol. The first-order chi connectivity index (χ1) is 14.3. The summed E-state index contributed by atoms with van der Waals surface area (Å²) in [6, 6.07) is 22.8. The first kappa shape index (κ1) is 17.6. The van der Waals surface area contributed by atoms with Gasteiger partial charge in [-0.3, -0.25) is 0 Å². The Morgan fingerprint density at radius 2 is 1.76 bits per heavy atom. The molecule has 0 unspecified atom stereocenters. The Labute approximate surface area is 169 Å². The number of ether oxygens (including phenoxy) is 1. The van der Waals surface area contributed by atoms with Crippen LogP contribution in [0.5, 0.6) is 11.6 Å². The van der Waals surface area contributed by atoms with Gasteiger partial charge in [-0.1, -0.05) is 65.6 Å². The highest BCUT2D eigenvalue weighted by Crippen LogP contribution is 2.50. The fourth-order valence-corrected chi connectivity index (χ4v) is 4.18. The van der Waals surface area contributed by atoms with Gasteiger partial charge < -0.3 is 15.6 Å². The van der Waals surface area contributed by atoms with Gasteiger partial charge in [0, 0.05) is 18.6 Å². The Morgan fingerprint density at radius 3 is 2.59 bits per heavy atom. The molecule has 1 aliphatic rings. The van der Waals surface area contributed by atoms with E-state index in [2.05, 4.69) is 35.3 Å². The molecule has 0 saturated heterocycles. The molecule has 0 aliphatic carbocycles. The third-order valence-corrected chi connectivity index (χ3v) is 5.53. The standard InChI is InChI=1S/C24H21N3O2/c25-23-22-20(17-8-2-1-3-9-17)21-18-10-5-4-7-16(18)11-12-19(21)29-24(22)26-15-27(23)13-6-14-28/h1-5,7-12,15,20,25,28H,6,13-14H2/p+1/t20-/m1/s1. The lowest BCUT2D eigenvalue weighted by Gasteiger charge is -2.28. The van der Waals surface area contributed by atoms with Crippen molar-refractivity contribution in [3.63, 3.8) is 0 Å². The number of rotatable bonds is 4. The Bertz CT molecular complexity index is 1190. The van der Waals surface area contributed by atoms with E-state index in [4.69, 9.17) is 10.5 Å². The van der Waals surface area contributed by atoms with Crippen LogP contribution in [0.3, 0.4) is 0 Å². The maximum absolute atomic E-state index is 9.24. The number of aliphatic hydroxyl groups is 1. The van der Waals surface area contributed by atoms with Gasteiger partial charge in [0.1, 0.15) is 11.3 Å². The normalized spacial score (nSPS) is 14.9. The molecule has 5 heteroatoms. The minimum atomic E-state index is -0.0878. The fourth-order valence-electron chi connectivity index (χ4n) is 4.18. The molecule has 1 aliphatic heterocycles. The number of nitrogen functional groups attached to an aromatic ring is 1. The predicted octanol–water partition coefficient (Wildman–Crippen LogP) is 3.77. The largest absolute Gasteiger partial charge is 0.426 e. The number of nitrogens with two attached hydrogens (primary N) is 1. The average Bonchev–Trinajstić information content (AvgIpc) is 2.78. The summed E-state index contributed by atoms with van der Waals surface area (Å²) in [4.78, 5) is 4.57. The van der Waals surface area contributed by atoms with E-state index in [1.807, 2.05) is 41.0 Å². The zero-order valence-corrected chi connectivity index (χ0v) is 16.0. The molecule has 5 rings (SSSR count). The fraction of sp³-hybridized carbons (Fsp3) is 0.167. The lowest BCUT2D eigenvalue weighted by Crippen LogP contribution is -2.40. The number of nitrogens with zero attached hydrogens (tertiary/aromatic N) is 2. The summed E-state index contributed by atoms with van der Waals surface area (Å²) in [5.74, 6) is 1.88. The van der Waals surface area contributed by atoms with Gasteiger partial charge in [-0.15, -0.1) is 0 Å². The molecule has 0 fully saturated rings. The Balaban J connectivity index is 1.80. The molecule has 1 aromatic heterocycles. The first-order valence-electron chi connectivity index (χ1n) is 9.81. The van der Waals surface area contributed by atoms with E-state index in [1.54, 1.807) is 6.33 Å². The molecule has 5 nitrogen and oxygen atoms in total. The van der Waals surface area contributed by atoms with Crippen molar-refractivity contribution in [3.8, 4) is 11.6 Å². The summed E-state index contributed by atoms with van der Waals surface area (Å²) in [5.41, 5.74) is 9.76. The van der Waals surface area contributed by atoms with Gasteiger partial charge >= 0.3 is 5.88 Å². The van der Waals surface area contributed by atoms with Gasteiger partial charge in [0.05, 0.1) is 12.5 Å². The second kappa shape index (κ2) is 7.18. The van der Waals surface area contributed by atoms with Crippen molar-refractivity contribution in [3.05, 3.63) is 89.7 Å². The highest BCUT2D eigenvalue weighted by molar-refractivity contribution is 5.90. The molecule has 0 radical (unpaired) electrons. The SMILES string of the molecule is Nc1c2c(nc[n+]1CCCO)Oc1ccc3ccccc3c1[C@H]2c1ccccc1. The maximum Gasteiger partial charge on any atom is 0.306 e. The molecule has 4 aromatic rings. The highest BCUT2D eigenvalue weighted by atomic mass is 16.5. The van der Waals surface area contributed by atoms with Crippen LogP contribution in [0.2, 0.25) is 0 Å². The van der Waals surface area contributed by atoms with Crippen molar-refractivity contribution >= 4 is 16.6 Å². The summed E-state index contributed by atoms with van der Waals surface area (Å²) in [7, 11) is 0. The van der Waals surface area contributed by atoms with Crippen molar-refractivity contribution in [1.29, 1.82) is 0 Å². The lowest BCUT2D eigenvalue weighted by atomic mass is 9.81. The number of fused-ring (bicyclic) bond motifs is 4. The second-order valence-corrected chi connectivity index (χ2v) is 7.26. The molecule has 0 bridgehead atoms. The second-order valence-electron chi connectivity index (χ2n) is 7.26. The van der Waals surface area contributed by atoms with E-state index in [0.717, 1.165) is 33.2 Å². The Morgan fingerprint density at radius 1 is 0.966 bits per heavy atom. The van der Waals surface area contributed by atoms with Crippen LogP contribution in [0.15, 0.2) is 73.1 Å². The third-order valence-electron chi connectivity index (χ3n) is 5.53. The number of hydrogen-bond donors (Lipinski definition) is 2. The van der Waals surface area contributed by atoms with Crippen molar-refractivity contribution in [2.24, 2.45) is 0 Å². The molecule has 29 heavy (non-hydrogen) atoms. The first-order valence-corrected chi connectivity index (χ1v) is 9.81.